The molecule has 0 saturated carbocycles. The zero-order valence-corrected chi connectivity index (χ0v) is 10.0. The summed E-state index contributed by atoms with van der Waals surface area (Å²) < 4.78 is 6.93. The molecule has 0 radical (unpaired) electrons. The van der Waals surface area contributed by atoms with E-state index in [1.54, 1.807) is 22.2 Å². The van der Waals surface area contributed by atoms with E-state index < -0.39 is 0 Å². The molecular formula is C11H10N4OS. The van der Waals surface area contributed by atoms with Gasteiger partial charge in [-0.2, -0.15) is 10.1 Å². The average Bonchev–Trinajstić information content (AvgIpc) is 3.00. The van der Waals surface area contributed by atoms with Crippen LogP contribution in [0, 0.1) is 0 Å². The van der Waals surface area contributed by atoms with Crippen molar-refractivity contribution in [2.75, 3.05) is 0 Å². The molecule has 3 aromatic rings. The monoisotopic (exact) mass is 246 g/mol. The average molecular weight is 246 g/mol. The molecule has 0 fully saturated rings. The van der Waals surface area contributed by atoms with E-state index >= 15 is 0 Å². The summed E-state index contributed by atoms with van der Waals surface area (Å²) in [6.07, 6.45) is 2.41. The summed E-state index contributed by atoms with van der Waals surface area (Å²) in [6, 6.07) is 5.93. The normalized spacial score (nSPS) is 10.9. The van der Waals surface area contributed by atoms with Gasteiger partial charge >= 0.3 is 0 Å². The minimum absolute atomic E-state index is 0.511. The van der Waals surface area contributed by atoms with E-state index in [2.05, 4.69) is 21.3 Å². The number of nitrogens with zero attached hydrogens (tertiary/aromatic N) is 4. The van der Waals surface area contributed by atoms with Gasteiger partial charge in [0.15, 0.2) is 5.82 Å². The van der Waals surface area contributed by atoms with Gasteiger partial charge in [-0.1, -0.05) is 11.2 Å². The predicted octanol–water partition coefficient (Wildman–Crippen LogP) is 2.12. The lowest BCUT2D eigenvalue weighted by atomic mass is 10.3. The van der Waals surface area contributed by atoms with Crippen LogP contribution >= 0.6 is 11.3 Å². The Morgan fingerprint density at radius 1 is 1.41 bits per heavy atom. The molecule has 6 heteroatoms. The largest absolute Gasteiger partial charge is 0.332 e. The van der Waals surface area contributed by atoms with Crippen LogP contribution in [-0.4, -0.2) is 19.9 Å². The highest BCUT2D eigenvalue weighted by molar-refractivity contribution is 7.09. The SMILES string of the molecule is Cn1nccc1-c1nc(Cc2cccs2)no1. The van der Waals surface area contributed by atoms with Crippen LogP contribution in [0.15, 0.2) is 34.3 Å². The fourth-order valence-corrected chi connectivity index (χ4v) is 2.28. The minimum Gasteiger partial charge on any atom is -0.332 e. The summed E-state index contributed by atoms with van der Waals surface area (Å²) in [4.78, 5) is 5.58. The third kappa shape index (κ3) is 1.99. The van der Waals surface area contributed by atoms with Gasteiger partial charge in [0.2, 0.25) is 0 Å². The van der Waals surface area contributed by atoms with Crippen molar-refractivity contribution in [2.24, 2.45) is 7.05 Å². The fraction of sp³-hybridized carbons (Fsp3) is 0.182. The molecule has 0 aliphatic rings. The van der Waals surface area contributed by atoms with Crippen molar-refractivity contribution in [2.45, 2.75) is 6.42 Å². The Bertz CT molecular complexity index is 611. The maximum atomic E-state index is 5.22. The molecule has 0 unspecified atom stereocenters. The summed E-state index contributed by atoms with van der Waals surface area (Å²) in [5, 5.41) is 10.1. The highest BCUT2D eigenvalue weighted by Crippen LogP contribution is 2.18. The lowest BCUT2D eigenvalue weighted by Gasteiger charge is -1.92. The molecule has 3 rings (SSSR count). The Labute approximate surface area is 102 Å². The highest BCUT2D eigenvalue weighted by Gasteiger charge is 2.12. The molecule has 0 saturated heterocycles. The fourth-order valence-electron chi connectivity index (χ4n) is 1.58. The Morgan fingerprint density at radius 3 is 3.06 bits per heavy atom. The third-order valence-electron chi connectivity index (χ3n) is 2.42. The summed E-state index contributed by atoms with van der Waals surface area (Å²) in [7, 11) is 1.85. The van der Waals surface area contributed by atoms with Crippen molar-refractivity contribution in [3.05, 3.63) is 40.5 Å². The van der Waals surface area contributed by atoms with Crippen molar-refractivity contribution in [1.82, 2.24) is 19.9 Å². The van der Waals surface area contributed by atoms with Gasteiger partial charge in [0, 0.05) is 24.5 Å². The maximum absolute atomic E-state index is 5.22. The molecule has 0 aliphatic carbocycles. The molecule has 17 heavy (non-hydrogen) atoms. The van der Waals surface area contributed by atoms with E-state index in [0.29, 0.717) is 18.1 Å². The predicted molar refractivity (Wildman–Crippen MR) is 63.6 cm³/mol. The van der Waals surface area contributed by atoms with Crippen LogP contribution in [0.25, 0.3) is 11.6 Å². The summed E-state index contributed by atoms with van der Waals surface area (Å²) >= 11 is 1.69. The number of thiophene rings is 1. The van der Waals surface area contributed by atoms with Crippen molar-refractivity contribution >= 4 is 11.3 Å². The van der Waals surface area contributed by atoms with Crippen LogP contribution in [0.4, 0.5) is 0 Å². The van der Waals surface area contributed by atoms with Gasteiger partial charge < -0.3 is 4.52 Å². The molecule has 3 aromatic heterocycles. The van der Waals surface area contributed by atoms with Gasteiger partial charge in [0.1, 0.15) is 5.69 Å². The third-order valence-corrected chi connectivity index (χ3v) is 3.30. The van der Waals surface area contributed by atoms with E-state index in [-0.39, 0.29) is 0 Å². The van der Waals surface area contributed by atoms with Gasteiger partial charge in [-0.15, -0.1) is 11.3 Å². The van der Waals surface area contributed by atoms with Gasteiger partial charge in [-0.25, -0.2) is 0 Å². The lowest BCUT2D eigenvalue weighted by Crippen LogP contribution is -1.93. The summed E-state index contributed by atoms with van der Waals surface area (Å²) in [6.45, 7) is 0. The van der Waals surface area contributed by atoms with Crippen molar-refractivity contribution < 1.29 is 4.52 Å². The molecule has 5 nitrogen and oxygen atoms in total. The number of hydrogen-bond acceptors (Lipinski definition) is 5. The number of rotatable bonds is 3. The second-order valence-corrected chi connectivity index (χ2v) is 4.64. The van der Waals surface area contributed by atoms with E-state index in [1.165, 1.54) is 4.88 Å². The second kappa shape index (κ2) is 4.14. The molecule has 3 heterocycles. The van der Waals surface area contributed by atoms with Crippen LogP contribution in [0.2, 0.25) is 0 Å². The standard InChI is InChI=1S/C11H10N4OS/c1-15-9(4-5-12-15)11-13-10(14-16-11)7-8-3-2-6-17-8/h2-6H,7H2,1H3. The van der Waals surface area contributed by atoms with Crippen LogP contribution in [-0.2, 0) is 13.5 Å². The Kier molecular flexibility index (Phi) is 2.49. The summed E-state index contributed by atoms with van der Waals surface area (Å²) in [5.74, 6) is 1.21. The molecule has 0 aliphatic heterocycles. The van der Waals surface area contributed by atoms with Crippen molar-refractivity contribution in [3.8, 4) is 11.6 Å². The molecule has 86 valence electrons. The maximum Gasteiger partial charge on any atom is 0.276 e. The van der Waals surface area contributed by atoms with Crippen LogP contribution < -0.4 is 0 Å². The van der Waals surface area contributed by atoms with Gasteiger partial charge in [0.05, 0.1) is 0 Å². The zero-order valence-electron chi connectivity index (χ0n) is 9.20. The van der Waals surface area contributed by atoms with Crippen LogP contribution in [0.1, 0.15) is 10.7 Å². The molecule has 0 spiro atoms. The quantitative estimate of drug-likeness (QED) is 0.710. The minimum atomic E-state index is 0.511. The molecule has 0 atom stereocenters. The van der Waals surface area contributed by atoms with Crippen LogP contribution in [0.5, 0.6) is 0 Å². The number of hydrogen-bond donors (Lipinski definition) is 0. The Morgan fingerprint density at radius 2 is 2.35 bits per heavy atom. The first-order valence-corrected chi connectivity index (χ1v) is 6.04. The molecular weight excluding hydrogens is 236 g/mol. The summed E-state index contributed by atoms with van der Waals surface area (Å²) in [5.41, 5.74) is 0.829. The molecule has 0 amide bonds. The van der Waals surface area contributed by atoms with Crippen molar-refractivity contribution in [3.63, 3.8) is 0 Å². The van der Waals surface area contributed by atoms with E-state index in [0.717, 1.165) is 5.69 Å². The van der Waals surface area contributed by atoms with Gasteiger partial charge in [0.25, 0.3) is 5.89 Å². The number of aromatic nitrogens is 4. The second-order valence-electron chi connectivity index (χ2n) is 3.61. The Hall–Kier alpha value is -1.95. The number of aryl methyl sites for hydroxylation is 1. The molecule has 0 bridgehead atoms. The molecule has 0 N–H and O–H groups in total. The van der Waals surface area contributed by atoms with Gasteiger partial charge in [-0.3, -0.25) is 4.68 Å². The van der Waals surface area contributed by atoms with E-state index in [9.17, 15) is 0 Å². The van der Waals surface area contributed by atoms with Crippen molar-refractivity contribution in [1.29, 1.82) is 0 Å². The first kappa shape index (κ1) is 10.2. The topological polar surface area (TPSA) is 56.7 Å². The van der Waals surface area contributed by atoms with E-state index in [1.807, 2.05) is 24.6 Å². The van der Waals surface area contributed by atoms with Gasteiger partial charge in [-0.05, 0) is 17.5 Å². The molecule has 0 aromatic carbocycles. The first-order valence-electron chi connectivity index (χ1n) is 5.16. The Balaban J connectivity index is 1.86. The zero-order chi connectivity index (χ0) is 11.7. The van der Waals surface area contributed by atoms with E-state index in [4.69, 9.17) is 4.52 Å². The lowest BCUT2D eigenvalue weighted by molar-refractivity contribution is 0.420. The highest BCUT2D eigenvalue weighted by atomic mass is 32.1. The first-order chi connectivity index (χ1) is 8.33. The van der Waals surface area contributed by atoms with Crippen LogP contribution in [0.3, 0.4) is 0 Å². The smallest absolute Gasteiger partial charge is 0.276 e.